The molecule has 2 fully saturated rings. The third kappa shape index (κ3) is 3.70. The van der Waals surface area contributed by atoms with Gasteiger partial charge < -0.3 is 29.8 Å². The van der Waals surface area contributed by atoms with Crippen LogP contribution in [0.2, 0.25) is 0 Å². The van der Waals surface area contributed by atoms with Crippen LogP contribution in [0, 0.1) is 0 Å². The van der Waals surface area contributed by atoms with E-state index in [1.807, 2.05) is 5.32 Å². The molecule has 6 N–H and O–H groups in total. The van der Waals surface area contributed by atoms with Crippen LogP contribution in [0.1, 0.15) is 13.3 Å². The number of carbonyl (C=O) groups excluding carboxylic acids is 2. The van der Waals surface area contributed by atoms with Crippen LogP contribution in [-0.4, -0.2) is 78.8 Å². The number of aliphatic hydroxyl groups is 3. The average molecular weight is 356 g/mol. The highest BCUT2D eigenvalue weighted by Gasteiger charge is 2.53. The Morgan fingerprint density at radius 3 is 2.61 bits per heavy atom. The van der Waals surface area contributed by atoms with Crippen molar-refractivity contribution in [1.29, 1.82) is 0 Å². The molecule has 2 aliphatic heterocycles. The van der Waals surface area contributed by atoms with Crippen molar-refractivity contribution >= 4 is 19.8 Å². The second kappa shape index (κ2) is 6.07. The zero-order chi connectivity index (χ0) is 17.6. The maximum absolute atomic E-state index is 11.8. The molecule has 2 heterocycles. The molecule has 0 aromatic heterocycles. The first-order valence-electron chi connectivity index (χ1n) is 6.51. The molecule has 5 atom stereocenters. The van der Waals surface area contributed by atoms with Crippen molar-refractivity contribution in [3.05, 3.63) is 0 Å². The predicted molar refractivity (Wildman–Crippen MR) is 69.3 cm³/mol. The average Bonchev–Trinajstić information content (AvgIpc) is 2.75. The quantitative estimate of drug-likeness (QED) is 0.287. The van der Waals surface area contributed by atoms with Gasteiger partial charge in [-0.3, -0.25) is 19.5 Å². The van der Waals surface area contributed by atoms with Crippen LogP contribution in [0.5, 0.6) is 0 Å². The van der Waals surface area contributed by atoms with Gasteiger partial charge in [0.2, 0.25) is 0 Å². The first-order chi connectivity index (χ1) is 10.4. The van der Waals surface area contributed by atoms with Crippen LogP contribution in [-0.2, 0) is 18.6 Å². The van der Waals surface area contributed by atoms with Gasteiger partial charge in [0.05, 0.1) is 12.7 Å². The summed E-state index contributed by atoms with van der Waals surface area (Å²) in [7, 11) is -4.77. The Morgan fingerprint density at radius 1 is 1.43 bits per heavy atom. The monoisotopic (exact) mass is 356 g/mol. The van der Waals surface area contributed by atoms with Gasteiger partial charge in [-0.05, 0) is 6.92 Å². The summed E-state index contributed by atoms with van der Waals surface area (Å²) in [4.78, 5) is 41.2. The van der Waals surface area contributed by atoms with Gasteiger partial charge in [0.25, 0.3) is 5.91 Å². The smallest absolute Gasteiger partial charge is 0.390 e. The summed E-state index contributed by atoms with van der Waals surface area (Å²) in [6.45, 7) is 0.342. The molecule has 0 unspecified atom stereocenters. The van der Waals surface area contributed by atoms with Gasteiger partial charge >= 0.3 is 13.9 Å². The molecule has 0 spiro atoms. The van der Waals surface area contributed by atoms with E-state index in [0.29, 0.717) is 4.90 Å². The number of imide groups is 1. The third-order valence-electron chi connectivity index (χ3n) is 3.60. The number of nitrogens with zero attached hydrogens (tertiary/aromatic N) is 1. The molecule has 0 bridgehead atoms. The normalized spacial score (nSPS) is 38.8. The molecule has 0 radical (unpaired) electrons. The Labute approximate surface area is 129 Å². The number of nitrogens with one attached hydrogen (secondary N) is 1. The lowest BCUT2D eigenvalue weighted by Gasteiger charge is -2.42. The van der Waals surface area contributed by atoms with Crippen molar-refractivity contribution in [1.82, 2.24) is 10.2 Å². The highest BCUT2D eigenvalue weighted by molar-refractivity contribution is 7.46. The van der Waals surface area contributed by atoms with E-state index in [0.717, 1.165) is 6.92 Å². The molecule has 3 amide bonds. The molecule has 2 saturated heterocycles. The molecule has 0 aromatic rings. The fourth-order valence-corrected chi connectivity index (χ4v) is 2.62. The molecule has 0 aliphatic carbocycles. The van der Waals surface area contributed by atoms with Crippen molar-refractivity contribution in [2.24, 2.45) is 0 Å². The minimum atomic E-state index is -4.77. The number of aliphatic hydroxyl groups excluding tert-OH is 2. The molecule has 2 aliphatic rings. The first kappa shape index (κ1) is 18.2. The van der Waals surface area contributed by atoms with E-state index in [4.69, 9.17) is 14.5 Å². The molecule has 12 nitrogen and oxygen atoms in total. The summed E-state index contributed by atoms with van der Waals surface area (Å²) in [5, 5.41) is 31.6. The SMILES string of the molecule is C[C@]1(O)C(=O)NC(=O)N([C@H]2C[C@H](O)[C@@H](COP(=O)(O)O)O2)[C@H]1O. The molecule has 132 valence electrons. The second-order valence-corrected chi connectivity index (χ2v) is 6.65. The largest absolute Gasteiger partial charge is 0.469 e. The summed E-state index contributed by atoms with van der Waals surface area (Å²) < 4.78 is 20.1. The number of hydrogen-bond acceptors (Lipinski definition) is 8. The van der Waals surface area contributed by atoms with Crippen molar-refractivity contribution in [3.8, 4) is 0 Å². The molecular weight excluding hydrogens is 339 g/mol. The maximum Gasteiger partial charge on any atom is 0.469 e. The Bertz CT molecular complexity index is 548. The maximum atomic E-state index is 11.8. The second-order valence-electron chi connectivity index (χ2n) is 5.41. The van der Waals surface area contributed by atoms with Gasteiger partial charge in [0, 0.05) is 6.42 Å². The minimum absolute atomic E-state index is 0.218. The number of ether oxygens (including phenoxy) is 1. The van der Waals surface area contributed by atoms with Crippen LogP contribution in [0.15, 0.2) is 0 Å². The van der Waals surface area contributed by atoms with Crippen LogP contribution in [0.3, 0.4) is 0 Å². The van der Waals surface area contributed by atoms with Gasteiger partial charge in [0.15, 0.2) is 11.8 Å². The molecule has 13 heteroatoms. The highest BCUT2D eigenvalue weighted by Crippen LogP contribution is 2.37. The van der Waals surface area contributed by atoms with Crippen molar-refractivity contribution in [3.63, 3.8) is 0 Å². The van der Waals surface area contributed by atoms with Crippen molar-refractivity contribution in [2.75, 3.05) is 6.61 Å². The molecule has 2 rings (SSSR count). The molecule has 0 aromatic carbocycles. The number of phosphoric ester groups is 1. The topological polar surface area (TPSA) is 186 Å². The van der Waals surface area contributed by atoms with Gasteiger partial charge in [-0.1, -0.05) is 0 Å². The first-order valence-corrected chi connectivity index (χ1v) is 8.04. The Hall–Kier alpha value is -1.11. The summed E-state index contributed by atoms with van der Waals surface area (Å²) in [6, 6.07) is -1.04. The summed E-state index contributed by atoms with van der Waals surface area (Å²) in [5.41, 5.74) is -2.29. The molecular formula is C10H17N2O10P. The minimum Gasteiger partial charge on any atom is -0.390 e. The third-order valence-corrected chi connectivity index (χ3v) is 4.09. The number of amides is 3. The molecule has 0 saturated carbocycles. The van der Waals surface area contributed by atoms with Gasteiger partial charge in [-0.25, -0.2) is 9.36 Å². The van der Waals surface area contributed by atoms with Crippen LogP contribution in [0.4, 0.5) is 4.79 Å². The number of hydrogen-bond donors (Lipinski definition) is 6. The number of rotatable bonds is 4. The Kier molecular flexibility index (Phi) is 4.81. The standard InChI is InChI=1S/C10H17N2O10P/c1-10(17)7(14)11-9(16)12(8(10)15)6-2-4(13)5(22-6)3-21-23(18,19)20/h4-6,8,13,15,17H,2-3H2,1H3,(H,11,14,16)(H2,18,19,20)/t4-,5+,6+,8-,10-/m0/s1. The predicted octanol–water partition coefficient (Wildman–Crippen LogP) is -2.81. The van der Waals surface area contributed by atoms with Crippen molar-refractivity contribution in [2.45, 2.75) is 43.6 Å². The van der Waals surface area contributed by atoms with Crippen LogP contribution >= 0.6 is 7.82 Å². The van der Waals surface area contributed by atoms with E-state index in [1.165, 1.54) is 0 Å². The lowest BCUT2D eigenvalue weighted by molar-refractivity contribution is -0.193. The fraction of sp³-hybridized carbons (Fsp3) is 0.800. The lowest BCUT2D eigenvalue weighted by Crippen LogP contribution is -2.70. The van der Waals surface area contributed by atoms with Gasteiger partial charge in [-0.15, -0.1) is 0 Å². The van der Waals surface area contributed by atoms with E-state index in [9.17, 15) is 29.5 Å². The Balaban J connectivity index is 2.09. The van der Waals surface area contributed by atoms with Crippen molar-refractivity contribution < 1.29 is 48.5 Å². The zero-order valence-electron chi connectivity index (χ0n) is 11.9. The van der Waals surface area contributed by atoms with Gasteiger partial charge in [-0.2, -0.15) is 0 Å². The Morgan fingerprint density at radius 2 is 2.04 bits per heavy atom. The number of carbonyl (C=O) groups is 2. The lowest BCUT2D eigenvalue weighted by atomic mass is 10.00. The zero-order valence-corrected chi connectivity index (χ0v) is 12.8. The van der Waals surface area contributed by atoms with E-state index < -0.39 is 56.6 Å². The van der Waals surface area contributed by atoms with E-state index >= 15 is 0 Å². The fourth-order valence-electron chi connectivity index (χ4n) is 2.28. The number of urea groups is 1. The van der Waals surface area contributed by atoms with E-state index in [-0.39, 0.29) is 6.42 Å². The summed E-state index contributed by atoms with van der Waals surface area (Å²) >= 11 is 0. The van der Waals surface area contributed by atoms with Crippen LogP contribution < -0.4 is 5.32 Å². The van der Waals surface area contributed by atoms with E-state index in [1.54, 1.807) is 0 Å². The van der Waals surface area contributed by atoms with E-state index in [2.05, 4.69) is 4.52 Å². The summed E-state index contributed by atoms with van der Waals surface area (Å²) in [6.07, 6.45) is -5.79. The number of phosphoric acid groups is 1. The highest BCUT2D eigenvalue weighted by atomic mass is 31.2. The molecule has 23 heavy (non-hydrogen) atoms. The summed E-state index contributed by atoms with van der Waals surface area (Å²) in [5.74, 6) is -1.09. The van der Waals surface area contributed by atoms with Crippen LogP contribution in [0.25, 0.3) is 0 Å². The van der Waals surface area contributed by atoms with Gasteiger partial charge in [0.1, 0.15) is 12.3 Å².